The van der Waals surface area contributed by atoms with Crippen molar-refractivity contribution in [1.82, 2.24) is 10.2 Å². The molecule has 0 fully saturated rings. The van der Waals surface area contributed by atoms with E-state index in [1.807, 2.05) is 24.3 Å². The molecule has 106 valence electrons. The lowest BCUT2D eigenvalue weighted by Gasteiger charge is -2.08. The lowest BCUT2D eigenvalue weighted by atomic mass is 10.2. The molecular weight excluding hydrogens is 254 g/mol. The Morgan fingerprint density at radius 1 is 1.15 bits per heavy atom. The zero-order chi connectivity index (χ0) is 14.2. The second-order valence-electron chi connectivity index (χ2n) is 4.42. The molecule has 20 heavy (non-hydrogen) atoms. The van der Waals surface area contributed by atoms with Crippen LogP contribution in [0.3, 0.4) is 0 Å². The lowest BCUT2D eigenvalue weighted by Crippen LogP contribution is -2.19. The monoisotopic (exact) mass is 273 g/mol. The predicted octanol–water partition coefficient (Wildman–Crippen LogP) is 3.27. The molecule has 6 heteroatoms. The number of nitrogens with one attached hydrogen (secondary N) is 4. The zero-order valence-corrected chi connectivity index (χ0v) is 11.4. The molecule has 2 aromatic rings. The number of benzene rings is 1. The molecule has 6 nitrogen and oxygen atoms in total. The molecule has 2 rings (SSSR count). The third-order valence-corrected chi connectivity index (χ3v) is 2.76. The van der Waals surface area contributed by atoms with Gasteiger partial charge in [-0.1, -0.05) is 13.3 Å². The molecule has 0 aliphatic carbocycles. The van der Waals surface area contributed by atoms with Crippen molar-refractivity contribution in [3.63, 3.8) is 0 Å². The SMILES string of the molecule is CCCCNc1ccc(NC(=O)Nc2cn[nH]c2)cc1. The van der Waals surface area contributed by atoms with Gasteiger partial charge in [-0.3, -0.25) is 5.10 Å². The van der Waals surface area contributed by atoms with E-state index in [2.05, 4.69) is 33.1 Å². The summed E-state index contributed by atoms with van der Waals surface area (Å²) in [4.78, 5) is 11.7. The normalized spacial score (nSPS) is 10.1. The van der Waals surface area contributed by atoms with Gasteiger partial charge in [-0.15, -0.1) is 0 Å². The number of anilines is 3. The lowest BCUT2D eigenvalue weighted by molar-refractivity contribution is 0.262. The number of carbonyl (C=O) groups excluding carboxylic acids is 1. The van der Waals surface area contributed by atoms with Crippen LogP contribution in [0.4, 0.5) is 21.9 Å². The Bertz CT molecular complexity index is 521. The Kier molecular flexibility index (Phi) is 5.00. The van der Waals surface area contributed by atoms with Gasteiger partial charge in [0.25, 0.3) is 0 Å². The number of amides is 2. The largest absolute Gasteiger partial charge is 0.385 e. The van der Waals surface area contributed by atoms with Crippen LogP contribution in [-0.4, -0.2) is 22.8 Å². The summed E-state index contributed by atoms with van der Waals surface area (Å²) in [7, 11) is 0. The first kappa shape index (κ1) is 13.9. The van der Waals surface area contributed by atoms with Crippen molar-refractivity contribution < 1.29 is 4.79 Å². The number of urea groups is 1. The third-order valence-electron chi connectivity index (χ3n) is 2.76. The molecule has 0 spiro atoms. The maximum absolute atomic E-state index is 11.7. The minimum Gasteiger partial charge on any atom is -0.385 e. The number of carbonyl (C=O) groups is 1. The molecule has 1 heterocycles. The van der Waals surface area contributed by atoms with E-state index in [0.29, 0.717) is 5.69 Å². The average Bonchev–Trinajstić information content (AvgIpc) is 2.94. The third kappa shape index (κ3) is 4.31. The van der Waals surface area contributed by atoms with Crippen molar-refractivity contribution in [2.45, 2.75) is 19.8 Å². The molecule has 4 N–H and O–H groups in total. The van der Waals surface area contributed by atoms with E-state index in [9.17, 15) is 4.79 Å². The smallest absolute Gasteiger partial charge is 0.323 e. The minimum absolute atomic E-state index is 0.293. The Balaban J connectivity index is 1.82. The summed E-state index contributed by atoms with van der Waals surface area (Å²) in [5.74, 6) is 0. The summed E-state index contributed by atoms with van der Waals surface area (Å²) in [6.45, 7) is 3.12. The van der Waals surface area contributed by atoms with Gasteiger partial charge in [0.1, 0.15) is 0 Å². The predicted molar refractivity (Wildman–Crippen MR) is 81.1 cm³/mol. The first-order chi connectivity index (χ1) is 9.78. The summed E-state index contributed by atoms with van der Waals surface area (Å²) < 4.78 is 0. The van der Waals surface area contributed by atoms with Crippen LogP contribution in [0.2, 0.25) is 0 Å². The van der Waals surface area contributed by atoms with E-state index in [4.69, 9.17) is 0 Å². The molecule has 0 bridgehead atoms. The Morgan fingerprint density at radius 3 is 2.50 bits per heavy atom. The molecule has 2 amide bonds. The highest BCUT2D eigenvalue weighted by molar-refractivity contribution is 5.99. The highest BCUT2D eigenvalue weighted by Crippen LogP contribution is 2.14. The van der Waals surface area contributed by atoms with Crippen LogP contribution in [0.5, 0.6) is 0 Å². The van der Waals surface area contributed by atoms with Gasteiger partial charge in [-0.25, -0.2) is 4.79 Å². The Hall–Kier alpha value is -2.50. The Morgan fingerprint density at radius 2 is 1.85 bits per heavy atom. The highest BCUT2D eigenvalue weighted by atomic mass is 16.2. The number of hydrogen-bond donors (Lipinski definition) is 4. The summed E-state index contributed by atoms with van der Waals surface area (Å²) in [5, 5.41) is 15.1. The first-order valence-electron chi connectivity index (χ1n) is 6.68. The number of H-pyrrole nitrogens is 1. The first-order valence-corrected chi connectivity index (χ1v) is 6.68. The van der Waals surface area contributed by atoms with E-state index in [1.54, 1.807) is 12.4 Å². The summed E-state index contributed by atoms with van der Waals surface area (Å²) in [6, 6.07) is 7.33. The van der Waals surface area contributed by atoms with Crippen LogP contribution >= 0.6 is 0 Å². The van der Waals surface area contributed by atoms with Gasteiger partial charge in [-0.05, 0) is 30.7 Å². The highest BCUT2D eigenvalue weighted by Gasteiger charge is 2.03. The second-order valence-corrected chi connectivity index (χ2v) is 4.42. The van der Waals surface area contributed by atoms with Gasteiger partial charge in [0.2, 0.25) is 0 Å². The van der Waals surface area contributed by atoms with E-state index >= 15 is 0 Å². The molecule has 0 unspecified atom stereocenters. The van der Waals surface area contributed by atoms with E-state index < -0.39 is 0 Å². The standard InChI is InChI=1S/C14H19N5O/c1-2-3-8-15-11-4-6-12(7-5-11)18-14(20)19-13-9-16-17-10-13/h4-7,9-10,15H,2-3,8H2,1H3,(H,16,17)(H2,18,19,20). The molecule has 0 aliphatic heterocycles. The molecule has 1 aromatic carbocycles. The van der Waals surface area contributed by atoms with Crippen molar-refractivity contribution in [3.8, 4) is 0 Å². The average molecular weight is 273 g/mol. The molecule has 1 aromatic heterocycles. The van der Waals surface area contributed by atoms with Crippen LogP contribution in [0.25, 0.3) is 0 Å². The van der Waals surface area contributed by atoms with E-state index in [0.717, 1.165) is 24.3 Å². The van der Waals surface area contributed by atoms with Crippen molar-refractivity contribution in [1.29, 1.82) is 0 Å². The van der Waals surface area contributed by atoms with Gasteiger partial charge >= 0.3 is 6.03 Å². The van der Waals surface area contributed by atoms with Gasteiger partial charge in [-0.2, -0.15) is 5.10 Å². The number of rotatable bonds is 6. The van der Waals surface area contributed by atoms with E-state index in [1.165, 1.54) is 6.42 Å². The minimum atomic E-state index is -0.293. The fourth-order valence-electron chi connectivity index (χ4n) is 1.69. The van der Waals surface area contributed by atoms with Crippen LogP contribution < -0.4 is 16.0 Å². The maximum Gasteiger partial charge on any atom is 0.323 e. The molecule has 0 saturated carbocycles. The van der Waals surface area contributed by atoms with Gasteiger partial charge in [0.15, 0.2) is 0 Å². The zero-order valence-electron chi connectivity index (χ0n) is 11.4. The van der Waals surface area contributed by atoms with Crippen molar-refractivity contribution in [2.75, 3.05) is 22.5 Å². The number of aromatic nitrogens is 2. The maximum atomic E-state index is 11.7. The molecule has 0 radical (unpaired) electrons. The fraction of sp³-hybridized carbons (Fsp3) is 0.286. The molecule has 0 aliphatic rings. The summed E-state index contributed by atoms with van der Waals surface area (Å²) >= 11 is 0. The van der Waals surface area contributed by atoms with Crippen LogP contribution in [0, 0.1) is 0 Å². The van der Waals surface area contributed by atoms with E-state index in [-0.39, 0.29) is 6.03 Å². The van der Waals surface area contributed by atoms with Gasteiger partial charge < -0.3 is 16.0 Å². The second kappa shape index (κ2) is 7.18. The molecule has 0 saturated heterocycles. The Labute approximate surface area is 118 Å². The fourth-order valence-corrected chi connectivity index (χ4v) is 1.69. The quantitative estimate of drug-likeness (QED) is 0.610. The molecule has 0 atom stereocenters. The molecular formula is C14H19N5O. The van der Waals surface area contributed by atoms with Gasteiger partial charge in [0, 0.05) is 24.1 Å². The van der Waals surface area contributed by atoms with Crippen molar-refractivity contribution >= 4 is 23.1 Å². The van der Waals surface area contributed by atoms with Crippen molar-refractivity contribution in [2.24, 2.45) is 0 Å². The van der Waals surface area contributed by atoms with Crippen molar-refractivity contribution in [3.05, 3.63) is 36.7 Å². The number of aromatic amines is 1. The van der Waals surface area contributed by atoms with Crippen LogP contribution in [0.1, 0.15) is 19.8 Å². The van der Waals surface area contributed by atoms with Crippen LogP contribution in [-0.2, 0) is 0 Å². The van der Waals surface area contributed by atoms with Gasteiger partial charge in [0.05, 0.1) is 11.9 Å². The summed E-state index contributed by atoms with van der Waals surface area (Å²) in [6.07, 6.45) is 5.47. The van der Waals surface area contributed by atoms with Crippen LogP contribution in [0.15, 0.2) is 36.7 Å². The number of unbranched alkanes of at least 4 members (excludes halogenated alkanes) is 1. The number of hydrogen-bond acceptors (Lipinski definition) is 3. The topological polar surface area (TPSA) is 81.8 Å². The number of nitrogens with zero attached hydrogens (tertiary/aromatic N) is 1. The summed E-state index contributed by atoms with van der Waals surface area (Å²) in [5.41, 5.74) is 2.42.